The van der Waals surface area contributed by atoms with E-state index in [0.29, 0.717) is 13.0 Å². The van der Waals surface area contributed by atoms with Crippen LogP contribution < -0.4 is 0 Å². The van der Waals surface area contributed by atoms with Gasteiger partial charge in [0.1, 0.15) is 6.10 Å². The number of ether oxygens (including phenoxy) is 1. The van der Waals surface area contributed by atoms with Crippen LogP contribution in [-0.4, -0.2) is 33.7 Å². The van der Waals surface area contributed by atoms with E-state index in [2.05, 4.69) is 16.5 Å². The highest BCUT2D eigenvalue weighted by atomic mass is 32.1. The third-order valence-electron chi connectivity index (χ3n) is 4.81. The van der Waals surface area contributed by atoms with Crippen LogP contribution in [-0.2, 0) is 23.0 Å². The van der Waals surface area contributed by atoms with Gasteiger partial charge >= 0.3 is 0 Å². The molecule has 0 spiro atoms. The molecule has 6 heteroatoms. The molecule has 2 unspecified atom stereocenters. The third-order valence-corrected chi connectivity index (χ3v) is 5.86. The number of aromatic nitrogens is 2. The summed E-state index contributed by atoms with van der Waals surface area (Å²) in [6, 6.07) is 2.33. The van der Waals surface area contributed by atoms with Crippen molar-refractivity contribution in [1.29, 1.82) is 0 Å². The van der Waals surface area contributed by atoms with Crippen LogP contribution in [0.5, 0.6) is 0 Å². The molecule has 0 aromatic carbocycles. The molecule has 2 atom stereocenters. The topological polar surface area (TPSA) is 47.4 Å². The molecule has 4 rings (SSSR count). The molecule has 4 heterocycles. The number of carbonyl (C=O) groups excluding carboxylic acids is 1. The minimum absolute atomic E-state index is 0.0681. The average molecular weight is 331 g/mol. The summed E-state index contributed by atoms with van der Waals surface area (Å²) in [4.78, 5) is 16.1. The number of fused-ring (bicyclic) bond motifs is 1. The highest BCUT2D eigenvalue weighted by Crippen LogP contribution is 2.37. The Kier molecular flexibility index (Phi) is 3.95. The summed E-state index contributed by atoms with van der Waals surface area (Å²) in [6.45, 7) is 1.55. The minimum Gasteiger partial charge on any atom is -0.372 e. The van der Waals surface area contributed by atoms with Crippen LogP contribution in [0.1, 0.15) is 47.4 Å². The molecule has 2 aliphatic rings. The zero-order valence-electron chi connectivity index (χ0n) is 13.3. The number of thiophene rings is 1. The van der Waals surface area contributed by atoms with E-state index in [-0.39, 0.29) is 18.1 Å². The lowest BCUT2D eigenvalue weighted by molar-refractivity contribution is -0.135. The molecule has 0 N–H and O–H groups in total. The van der Waals surface area contributed by atoms with Crippen molar-refractivity contribution in [2.24, 2.45) is 7.05 Å². The molecule has 0 aliphatic carbocycles. The number of carbonyl (C=O) groups is 1. The molecule has 5 nitrogen and oxygen atoms in total. The lowest BCUT2D eigenvalue weighted by Gasteiger charge is -2.28. The van der Waals surface area contributed by atoms with Crippen molar-refractivity contribution in [3.63, 3.8) is 0 Å². The summed E-state index contributed by atoms with van der Waals surface area (Å²) in [5.74, 6) is 0.197. The van der Waals surface area contributed by atoms with Gasteiger partial charge in [-0.25, -0.2) is 0 Å². The van der Waals surface area contributed by atoms with E-state index >= 15 is 0 Å². The fraction of sp³-hybridized carbons (Fsp3) is 0.529. The Bertz CT molecular complexity index is 708. The summed E-state index contributed by atoms with van der Waals surface area (Å²) >= 11 is 1.71. The van der Waals surface area contributed by atoms with Crippen molar-refractivity contribution in [2.45, 2.75) is 37.8 Å². The maximum atomic E-state index is 12.9. The van der Waals surface area contributed by atoms with Crippen molar-refractivity contribution in [3.05, 3.63) is 39.8 Å². The van der Waals surface area contributed by atoms with Crippen molar-refractivity contribution in [2.75, 3.05) is 13.2 Å². The predicted octanol–water partition coefficient (Wildman–Crippen LogP) is 2.85. The van der Waals surface area contributed by atoms with Crippen LogP contribution in [0.4, 0.5) is 0 Å². The normalized spacial score (nSPS) is 24.0. The summed E-state index contributed by atoms with van der Waals surface area (Å²) < 4.78 is 7.69. The van der Waals surface area contributed by atoms with Crippen LogP contribution in [0.25, 0.3) is 0 Å². The Morgan fingerprint density at radius 2 is 2.43 bits per heavy atom. The fourth-order valence-electron chi connectivity index (χ4n) is 3.67. The second kappa shape index (κ2) is 6.09. The number of amides is 1. The van der Waals surface area contributed by atoms with Gasteiger partial charge in [-0.3, -0.25) is 9.48 Å². The Morgan fingerprint density at radius 3 is 3.26 bits per heavy atom. The lowest BCUT2D eigenvalue weighted by Crippen LogP contribution is -2.32. The largest absolute Gasteiger partial charge is 0.372 e. The van der Waals surface area contributed by atoms with Crippen LogP contribution in [0.15, 0.2) is 23.8 Å². The Labute approximate surface area is 139 Å². The highest BCUT2D eigenvalue weighted by molar-refractivity contribution is 7.10. The molecule has 0 bridgehead atoms. The molecule has 0 saturated carbocycles. The molecule has 2 aromatic heterocycles. The van der Waals surface area contributed by atoms with Gasteiger partial charge in [0, 0.05) is 30.2 Å². The first kappa shape index (κ1) is 14.9. The molecular weight excluding hydrogens is 310 g/mol. The van der Waals surface area contributed by atoms with E-state index in [1.54, 1.807) is 16.0 Å². The van der Waals surface area contributed by atoms with Gasteiger partial charge in [0.05, 0.1) is 25.3 Å². The zero-order chi connectivity index (χ0) is 15.8. The molecule has 1 amide bonds. The SMILES string of the molecule is Cn1cc(C2CCCN2C(=O)CC2OCCc3ccsc32)cn1. The van der Waals surface area contributed by atoms with Crippen LogP contribution in [0.2, 0.25) is 0 Å². The van der Waals surface area contributed by atoms with Gasteiger partial charge in [-0.15, -0.1) is 11.3 Å². The van der Waals surface area contributed by atoms with E-state index in [1.807, 2.05) is 24.3 Å². The summed E-state index contributed by atoms with van der Waals surface area (Å²) in [7, 11) is 1.92. The van der Waals surface area contributed by atoms with Crippen LogP contribution >= 0.6 is 11.3 Å². The fourth-order valence-corrected chi connectivity index (χ4v) is 4.68. The van der Waals surface area contributed by atoms with E-state index in [4.69, 9.17) is 4.74 Å². The first-order valence-electron chi connectivity index (χ1n) is 8.18. The van der Waals surface area contributed by atoms with Crippen LogP contribution in [0.3, 0.4) is 0 Å². The first-order valence-corrected chi connectivity index (χ1v) is 9.06. The maximum Gasteiger partial charge on any atom is 0.226 e. The smallest absolute Gasteiger partial charge is 0.226 e. The molecule has 2 aliphatic heterocycles. The zero-order valence-corrected chi connectivity index (χ0v) is 14.1. The van der Waals surface area contributed by atoms with Crippen molar-refractivity contribution in [3.8, 4) is 0 Å². The van der Waals surface area contributed by atoms with E-state index in [9.17, 15) is 4.79 Å². The number of likely N-dealkylation sites (tertiary alicyclic amines) is 1. The van der Waals surface area contributed by atoms with Gasteiger partial charge in [-0.1, -0.05) is 0 Å². The van der Waals surface area contributed by atoms with E-state index < -0.39 is 0 Å². The molecule has 2 aromatic rings. The highest BCUT2D eigenvalue weighted by Gasteiger charge is 2.33. The molecule has 0 radical (unpaired) electrons. The predicted molar refractivity (Wildman–Crippen MR) is 88.2 cm³/mol. The Balaban J connectivity index is 1.49. The molecule has 1 fully saturated rings. The lowest BCUT2D eigenvalue weighted by atomic mass is 10.0. The molecule has 122 valence electrons. The quantitative estimate of drug-likeness (QED) is 0.869. The Morgan fingerprint density at radius 1 is 1.52 bits per heavy atom. The van der Waals surface area contributed by atoms with Gasteiger partial charge in [-0.05, 0) is 36.3 Å². The number of hydrogen-bond acceptors (Lipinski definition) is 4. The van der Waals surface area contributed by atoms with E-state index in [1.165, 1.54) is 10.4 Å². The summed E-state index contributed by atoms with van der Waals surface area (Å²) in [5.41, 5.74) is 2.49. The van der Waals surface area contributed by atoms with Crippen LogP contribution in [0, 0.1) is 0 Å². The van der Waals surface area contributed by atoms with Gasteiger partial charge in [0.25, 0.3) is 0 Å². The van der Waals surface area contributed by atoms with Gasteiger partial charge in [0.15, 0.2) is 0 Å². The second-order valence-corrected chi connectivity index (χ2v) is 7.26. The molecule has 1 saturated heterocycles. The van der Waals surface area contributed by atoms with E-state index in [0.717, 1.165) is 31.4 Å². The number of aryl methyl sites for hydroxylation is 1. The van der Waals surface area contributed by atoms with Gasteiger partial charge in [0.2, 0.25) is 5.91 Å². The minimum atomic E-state index is -0.0681. The maximum absolute atomic E-state index is 12.9. The monoisotopic (exact) mass is 331 g/mol. The van der Waals surface area contributed by atoms with Crippen molar-refractivity contribution in [1.82, 2.24) is 14.7 Å². The summed E-state index contributed by atoms with van der Waals surface area (Å²) in [6.07, 6.45) is 7.32. The molecular formula is C17H21N3O2S. The summed E-state index contributed by atoms with van der Waals surface area (Å²) in [5, 5.41) is 6.35. The number of nitrogens with zero attached hydrogens (tertiary/aromatic N) is 3. The standard InChI is InChI=1S/C17H21N3O2S/c1-19-11-13(10-18-19)14-3-2-6-20(14)16(21)9-15-17-12(4-7-22-15)5-8-23-17/h5,8,10-11,14-15H,2-4,6-7,9H2,1H3. The van der Waals surface area contributed by atoms with Gasteiger partial charge in [-0.2, -0.15) is 5.10 Å². The average Bonchev–Trinajstić information content (AvgIpc) is 3.26. The van der Waals surface area contributed by atoms with Crippen molar-refractivity contribution >= 4 is 17.2 Å². The number of rotatable bonds is 3. The Hall–Kier alpha value is -1.66. The number of hydrogen-bond donors (Lipinski definition) is 0. The second-order valence-electron chi connectivity index (χ2n) is 6.32. The first-order chi connectivity index (χ1) is 11.2. The van der Waals surface area contributed by atoms with Gasteiger partial charge < -0.3 is 9.64 Å². The molecule has 23 heavy (non-hydrogen) atoms. The third kappa shape index (κ3) is 2.81. The van der Waals surface area contributed by atoms with Crippen molar-refractivity contribution < 1.29 is 9.53 Å².